The highest BCUT2D eigenvalue weighted by Gasteiger charge is 2.27. The van der Waals surface area contributed by atoms with E-state index >= 15 is 0 Å². The van der Waals surface area contributed by atoms with Gasteiger partial charge in [-0.1, -0.05) is 6.07 Å². The summed E-state index contributed by atoms with van der Waals surface area (Å²) in [6.45, 7) is 0.570. The minimum Gasteiger partial charge on any atom is -0.308 e. The third kappa shape index (κ3) is 2.36. The Bertz CT molecular complexity index is 704. The molecule has 0 spiro atoms. The van der Waals surface area contributed by atoms with Crippen molar-refractivity contribution in [1.82, 2.24) is 0 Å². The topological polar surface area (TPSA) is 20.3 Å². The van der Waals surface area contributed by atoms with Crippen LogP contribution in [0.4, 0.5) is 10.1 Å². The van der Waals surface area contributed by atoms with Crippen molar-refractivity contribution in [2.45, 2.75) is 11.3 Å². The molecule has 0 aromatic heterocycles. The number of fused-ring (bicyclic) bond motifs is 1. The molecule has 5 heteroatoms. The van der Waals surface area contributed by atoms with Crippen molar-refractivity contribution in [1.29, 1.82) is 0 Å². The maximum atomic E-state index is 13.4. The van der Waals surface area contributed by atoms with Crippen molar-refractivity contribution in [2.75, 3.05) is 11.4 Å². The van der Waals surface area contributed by atoms with Gasteiger partial charge in [0.2, 0.25) is 0 Å². The lowest BCUT2D eigenvalue weighted by Gasteiger charge is -2.18. The lowest BCUT2D eigenvalue weighted by Crippen LogP contribution is -2.29. The molecule has 0 saturated carbocycles. The van der Waals surface area contributed by atoms with Gasteiger partial charge in [-0.3, -0.25) is 4.79 Å². The largest absolute Gasteiger partial charge is 0.308 e. The van der Waals surface area contributed by atoms with Crippen LogP contribution in [-0.2, 0) is 6.42 Å². The zero-order chi connectivity index (χ0) is 14.3. The predicted molar refractivity (Wildman–Crippen MR) is 83.2 cm³/mol. The standard InChI is InChI=1S/C15H11BrFNOS/c16-13-4-3-11(20)8-12(13)15(19)18-6-5-9-1-2-10(17)7-14(9)18/h1-4,7-8,20H,5-6H2. The second-order valence-electron chi connectivity index (χ2n) is 4.64. The number of amides is 1. The first-order chi connectivity index (χ1) is 9.56. The molecule has 0 fully saturated rings. The van der Waals surface area contributed by atoms with E-state index in [1.165, 1.54) is 12.1 Å². The Kier molecular flexibility index (Phi) is 3.56. The van der Waals surface area contributed by atoms with Crippen LogP contribution in [0.3, 0.4) is 0 Å². The number of anilines is 1. The van der Waals surface area contributed by atoms with E-state index in [2.05, 4.69) is 28.6 Å². The van der Waals surface area contributed by atoms with Gasteiger partial charge in [-0.2, -0.15) is 0 Å². The summed E-state index contributed by atoms with van der Waals surface area (Å²) in [7, 11) is 0. The van der Waals surface area contributed by atoms with E-state index in [-0.39, 0.29) is 11.7 Å². The van der Waals surface area contributed by atoms with Crippen LogP contribution in [0, 0.1) is 5.82 Å². The summed E-state index contributed by atoms with van der Waals surface area (Å²) in [6.07, 6.45) is 0.750. The monoisotopic (exact) mass is 351 g/mol. The summed E-state index contributed by atoms with van der Waals surface area (Å²) >= 11 is 7.64. The fourth-order valence-electron chi connectivity index (χ4n) is 2.39. The molecule has 0 aliphatic carbocycles. The van der Waals surface area contributed by atoms with Crippen molar-refractivity contribution >= 4 is 40.2 Å². The average molecular weight is 352 g/mol. The zero-order valence-electron chi connectivity index (χ0n) is 10.4. The van der Waals surface area contributed by atoms with E-state index in [0.29, 0.717) is 22.3 Å². The molecule has 2 aromatic carbocycles. The van der Waals surface area contributed by atoms with Gasteiger partial charge < -0.3 is 4.90 Å². The fourth-order valence-corrected chi connectivity index (χ4v) is 3.01. The summed E-state index contributed by atoms with van der Waals surface area (Å²) in [5.41, 5.74) is 2.19. The molecule has 0 bridgehead atoms. The molecule has 2 aromatic rings. The Morgan fingerprint density at radius 3 is 2.85 bits per heavy atom. The van der Waals surface area contributed by atoms with Gasteiger partial charge in [-0.25, -0.2) is 4.39 Å². The smallest absolute Gasteiger partial charge is 0.259 e. The number of hydrogen-bond acceptors (Lipinski definition) is 2. The first-order valence-corrected chi connectivity index (χ1v) is 7.39. The predicted octanol–water partition coefficient (Wildman–Crippen LogP) is 4.08. The Labute approximate surface area is 130 Å². The molecule has 0 radical (unpaired) electrons. The van der Waals surface area contributed by atoms with E-state index in [1.54, 1.807) is 23.1 Å². The molecule has 1 aliphatic rings. The van der Waals surface area contributed by atoms with Gasteiger partial charge >= 0.3 is 0 Å². The highest BCUT2D eigenvalue weighted by atomic mass is 79.9. The Morgan fingerprint density at radius 2 is 2.05 bits per heavy atom. The van der Waals surface area contributed by atoms with Crippen LogP contribution in [0.2, 0.25) is 0 Å². The number of nitrogens with zero attached hydrogens (tertiary/aromatic N) is 1. The molecular formula is C15H11BrFNOS. The summed E-state index contributed by atoms with van der Waals surface area (Å²) in [6, 6.07) is 9.89. The molecule has 1 amide bonds. The van der Waals surface area contributed by atoms with Gasteiger partial charge in [0.25, 0.3) is 5.91 Å². The number of hydrogen-bond donors (Lipinski definition) is 1. The van der Waals surface area contributed by atoms with Crippen molar-refractivity contribution in [3.8, 4) is 0 Å². The summed E-state index contributed by atoms with van der Waals surface area (Å²) in [5, 5.41) is 0. The Hall–Kier alpha value is -1.33. The lowest BCUT2D eigenvalue weighted by atomic mass is 10.1. The minimum absolute atomic E-state index is 0.142. The summed E-state index contributed by atoms with van der Waals surface area (Å²) in [5.74, 6) is -0.470. The molecule has 3 rings (SSSR count). The van der Waals surface area contributed by atoms with Gasteiger partial charge in [0, 0.05) is 15.9 Å². The molecule has 2 nitrogen and oxygen atoms in total. The van der Waals surface area contributed by atoms with E-state index in [1.807, 2.05) is 6.07 Å². The normalized spacial score (nSPS) is 13.4. The summed E-state index contributed by atoms with van der Waals surface area (Å²) in [4.78, 5) is 15.0. The number of benzene rings is 2. The zero-order valence-corrected chi connectivity index (χ0v) is 12.9. The molecule has 0 N–H and O–H groups in total. The third-order valence-electron chi connectivity index (χ3n) is 3.37. The van der Waals surface area contributed by atoms with Gasteiger partial charge in [0.15, 0.2) is 0 Å². The maximum Gasteiger partial charge on any atom is 0.259 e. The molecule has 1 aliphatic heterocycles. The second-order valence-corrected chi connectivity index (χ2v) is 6.01. The van der Waals surface area contributed by atoms with Crippen LogP contribution >= 0.6 is 28.6 Å². The Morgan fingerprint density at radius 1 is 1.25 bits per heavy atom. The number of rotatable bonds is 1. The van der Waals surface area contributed by atoms with E-state index in [0.717, 1.165) is 16.9 Å². The maximum absolute atomic E-state index is 13.4. The van der Waals surface area contributed by atoms with Crippen LogP contribution < -0.4 is 4.90 Å². The first kappa shape index (κ1) is 13.6. The Balaban J connectivity index is 2.01. The van der Waals surface area contributed by atoms with Gasteiger partial charge in [0.1, 0.15) is 5.82 Å². The van der Waals surface area contributed by atoms with Crippen molar-refractivity contribution in [3.05, 3.63) is 57.8 Å². The number of carbonyl (C=O) groups excluding carboxylic acids is 1. The van der Waals surface area contributed by atoms with E-state index in [4.69, 9.17) is 0 Å². The molecule has 0 unspecified atom stereocenters. The van der Waals surface area contributed by atoms with Gasteiger partial charge in [-0.15, -0.1) is 12.6 Å². The van der Waals surface area contributed by atoms with Crippen molar-refractivity contribution < 1.29 is 9.18 Å². The van der Waals surface area contributed by atoms with Crippen LogP contribution in [0.5, 0.6) is 0 Å². The number of carbonyl (C=O) groups is 1. The lowest BCUT2D eigenvalue weighted by molar-refractivity contribution is 0.0988. The minimum atomic E-state index is -0.328. The highest BCUT2D eigenvalue weighted by Crippen LogP contribution is 2.31. The molecule has 0 atom stereocenters. The van der Waals surface area contributed by atoms with Crippen LogP contribution in [0.25, 0.3) is 0 Å². The third-order valence-corrected chi connectivity index (χ3v) is 4.34. The molecule has 0 saturated heterocycles. The van der Waals surface area contributed by atoms with Crippen LogP contribution in [-0.4, -0.2) is 12.5 Å². The number of halogens is 2. The van der Waals surface area contributed by atoms with Crippen LogP contribution in [0.1, 0.15) is 15.9 Å². The van der Waals surface area contributed by atoms with Gasteiger partial charge in [0.05, 0.1) is 11.3 Å². The average Bonchev–Trinajstić information content (AvgIpc) is 2.83. The van der Waals surface area contributed by atoms with E-state index < -0.39 is 0 Å². The molecular weight excluding hydrogens is 341 g/mol. The quantitative estimate of drug-likeness (QED) is 0.767. The summed E-state index contributed by atoms with van der Waals surface area (Å²) < 4.78 is 14.1. The van der Waals surface area contributed by atoms with Crippen molar-refractivity contribution in [2.24, 2.45) is 0 Å². The van der Waals surface area contributed by atoms with Gasteiger partial charge in [-0.05, 0) is 58.2 Å². The highest BCUT2D eigenvalue weighted by molar-refractivity contribution is 9.10. The van der Waals surface area contributed by atoms with E-state index in [9.17, 15) is 9.18 Å². The second kappa shape index (κ2) is 5.22. The fraction of sp³-hybridized carbons (Fsp3) is 0.133. The number of thiol groups is 1. The van der Waals surface area contributed by atoms with Crippen LogP contribution in [0.15, 0.2) is 45.8 Å². The molecule has 20 heavy (non-hydrogen) atoms. The molecule has 1 heterocycles. The first-order valence-electron chi connectivity index (χ1n) is 6.15. The molecule has 102 valence electrons. The van der Waals surface area contributed by atoms with Crippen molar-refractivity contribution in [3.63, 3.8) is 0 Å². The SMILES string of the molecule is O=C(c1cc(S)ccc1Br)N1CCc2ccc(F)cc21.